The molecule has 1 heterocycles. The van der Waals surface area contributed by atoms with E-state index in [1.807, 2.05) is 36.4 Å². The van der Waals surface area contributed by atoms with Crippen LogP contribution in [0.5, 0.6) is 0 Å². The number of amides is 2. The SMILES string of the molecule is CCCC(CCC)C(=O)Nc1ccc2c(c1)N(C(=O)CCCl)c1ccccc1CC2. The van der Waals surface area contributed by atoms with Crippen molar-refractivity contribution in [3.63, 3.8) is 0 Å². The molecule has 1 aliphatic heterocycles. The molecule has 0 unspecified atom stereocenters. The van der Waals surface area contributed by atoms with Gasteiger partial charge in [0.25, 0.3) is 0 Å². The second kappa shape index (κ2) is 10.6. The van der Waals surface area contributed by atoms with Crippen LogP contribution >= 0.6 is 11.6 Å². The van der Waals surface area contributed by atoms with Crippen LogP contribution in [0.2, 0.25) is 0 Å². The van der Waals surface area contributed by atoms with Gasteiger partial charge in [0.2, 0.25) is 11.8 Å². The number of para-hydroxylation sites is 1. The first kappa shape index (κ1) is 22.4. The summed E-state index contributed by atoms with van der Waals surface area (Å²) < 4.78 is 0. The summed E-state index contributed by atoms with van der Waals surface area (Å²) >= 11 is 5.90. The Morgan fingerprint density at radius 2 is 1.67 bits per heavy atom. The lowest BCUT2D eigenvalue weighted by molar-refractivity contribution is -0.120. The summed E-state index contributed by atoms with van der Waals surface area (Å²) in [5.74, 6) is 0.331. The lowest BCUT2D eigenvalue weighted by Crippen LogP contribution is -2.27. The lowest BCUT2D eigenvalue weighted by atomic mass is 9.97. The van der Waals surface area contributed by atoms with Gasteiger partial charge in [-0.25, -0.2) is 0 Å². The third-order valence-electron chi connectivity index (χ3n) is 5.69. The second-order valence-corrected chi connectivity index (χ2v) is 8.28. The maximum atomic E-state index is 13.0. The molecule has 3 rings (SSSR count). The number of benzene rings is 2. The topological polar surface area (TPSA) is 49.4 Å². The minimum absolute atomic E-state index is 0.0218. The predicted octanol–water partition coefficient (Wildman–Crippen LogP) is 6.23. The molecule has 2 amide bonds. The van der Waals surface area contributed by atoms with E-state index in [2.05, 4.69) is 25.2 Å². The Morgan fingerprint density at radius 3 is 2.33 bits per heavy atom. The van der Waals surface area contributed by atoms with Crippen LogP contribution in [0.3, 0.4) is 0 Å². The molecule has 0 atom stereocenters. The largest absolute Gasteiger partial charge is 0.326 e. The number of hydrogen-bond acceptors (Lipinski definition) is 2. The van der Waals surface area contributed by atoms with Crippen molar-refractivity contribution >= 4 is 40.5 Å². The van der Waals surface area contributed by atoms with Crippen molar-refractivity contribution in [1.82, 2.24) is 0 Å². The Labute approximate surface area is 184 Å². The van der Waals surface area contributed by atoms with Crippen LogP contribution in [-0.4, -0.2) is 17.7 Å². The van der Waals surface area contributed by atoms with Gasteiger partial charge in [-0.2, -0.15) is 0 Å². The molecule has 0 saturated heterocycles. The minimum atomic E-state index is -0.0288. The summed E-state index contributed by atoms with van der Waals surface area (Å²) in [6.45, 7) is 4.21. The monoisotopic (exact) mass is 426 g/mol. The molecule has 4 nitrogen and oxygen atoms in total. The van der Waals surface area contributed by atoms with Gasteiger partial charge in [-0.1, -0.05) is 51.0 Å². The number of carbonyl (C=O) groups is 2. The molecule has 0 spiro atoms. The number of carbonyl (C=O) groups excluding carboxylic acids is 2. The number of rotatable bonds is 8. The van der Waals surface area contributed by atoms with Gasteiger partial charge in [0, 0.05) is 23.9 Å². The van der Waals surface area contributed by atoms with E-state index < -0.39 is 0 Å². The van der Waals surface area contributed by atoms with Gasteiger partial charge in [-0.05, 0) is 55.0 Å². The van der Waals surface area contributed by atoms with Gasteiger partial charge in [-0.3, -0.25) is 14.5 Å². The first-order valence-electron chi connectivity index (χ1n) is 11.0. The molecule has 160 valence electrons. The highest BCUT2D eigenvalue weighted by Gasteiger charge is 2.26. The molecule has 0 bridgehead atoms. The van der Waals surface area contributed by atoms with Crippen molar-refractivity contribution in [2.45, 2.75) is 58.8 Å². The fourth-order valence-electron chi connectivity index (χ4n) is 4.21. The fraction of sp³-hybridized carbons (Fsp3) is 0.440. The number of anilines is 3. The number of nitrogens with one attached hydrogen (secondary N) is 1. The minimum Gasteiger partial charge on any atom is -0.326 e. The van der Waals surface area contributed by atoms with Crippen LogP contribution in [0, 0.1) is 5.92 Å². The summed E-state index contributed by atoms with van der Waals surface area (Å²) in [4.78, 5) is 27.7. The van der Waals surface area contributed by atoms with E-state index in [0.717, 1.165) is 66.7 Å². The van der Waals surface area contributed by atoms with Crippen molar-refractivity contribution in [3.05, 3.63) is 53.6 Å². The number of alkyl halides is 1. The van der Waals surface area contributed by atoms with Crippen LogP contribution in [-0.2, 0) is 22.4 Å². The molecule has 0 aliphatic carbocycles. The standard InChI is InChI=1S/C25H31ClN2O2/c1-3-7-20(8-4-2)25(30)27-21-14-13-19-12-11-18-9-5-6-10-22(18)28(23(19)17-21)24(29)15-16-26/h5-6,9-10,13-14,17,20H,3-4,7-8,11-12,15-16H2,1-2H3,(H,27,30). The molecule has 0 aromatic heterocycles. The van der Waals surface area contributed by atoms with Gasteiger partial charge in [-0.15, -0.1) is 11.6 Å². The highest BCUT2D eigenvalue weighted by Crippen LogP contribution is 2.38. The first-order valence-corrected chi connectivity index (χ1v) is 11.5. The molecule has 5 heteroatoms. The van der Waals surface area contributed by atoms with E-state index in [1.165, 1.54) is 0 Å². The molecule has 1 N–H and O–H groups in total. The van der Waals surface area contributed by atoms with E-state index in [9.17, 15) is 9.59 Å². The fourth-order valence-corrected chi connectivity index (χ4v) is 4.37. The highest BCUT2D eigenvalue weighted by atomic mass is 35.5. The van der Waals surface area contributed by atoms with Crippen LogP contribution in [0.25, 0.3) is 0 Å². The molecule has 0 saturated carbocycles. The quantitative estimate of drug-likeness (QED) is 0.508. The van der Waals surface area contributed by atoms with Crippen LogP contribution in [0.15, 0.2) is 42.5 Å². The Balaban J connectivity index is 1.96. The third-order valence-corrected chi connectivity index (χ3v) is 5.88. The van der Waals surface area contributed by atoms with Crippen LogP contribution in [0.4, 0.5) is 17.1 Å². The highest BCUT2D eigenvalue weighted by molar-refractivity contribution is 6.19. The Morgan fingerprint density at radius 1 is 1.00 bits per heavy atom. The van der Waals surface area contributed by atoms with E-state index in [1.54, 1.807) is 4.90 Å². The van der Waals surface area contributed by atoms with Gasteiger partial charge < -0.3 is 5.32 Å². The maximum absolute atomic E-state index is 13.0. The van der Waals surface area contributed by atoms with E-state index >= 15 is 0 Å². The summed E-state index contributed by atoms with van der Waals surface area (Å²) in [5, 5.41) is 3.09. The molecule has 1 aliphatic rings. The molecular formula is C25H31ClN2O2. The number of nitrogens with zero attached hydrogens (tertiary/aromatic N) is 1. The zero-order chi connectivity index (χ0) is 21.5. The summed E-state index contributed by atoms with van der Waals surface area (Å²) in [5.41, 5.74) is 4.73. The van der Waals surface area contributed by atoms with Gasteiger partial charge >= 0.3 is 0 Å². The van der Waals surface area contributed by atoms with Gasteiger partial charge in [0.15, 0.2) is 0 Å². The van der Waals surface area contributed by atoms with Crippen LogP contribution < -0.4 is 10.2 Å². The first-order chi connectivity index (χ1) is 14.6. The zero-order valence-corrected chi connectivity index (χ0v) is 18.7. The second-order valence-electron chi connectivity index (χ2n) is 7.90. The molecule has 30 heavy (non-hydrogen) atoms. The molecular weight excluding hydrogens is 396 g/mol. The summed E-state index contributed by atoms with van der Waals surface area (Å²) in [6, 6.07) is 13.9. The number of halogens is 1. The lowest BCUT2D eigenvalue weighted by Gasteiger charge is -2.25. The predicted molar refractivity (Wildman–Crippen MR) is 125 cm³/mol. The van der Waals surface area contributed by atoms with Crippen LogP contribution in [0.1, 0.15) is 57.1 Å². The number of hydrogen-bond donors (Lipinski definition) is 1. The van der Waals surface area contributed by atoms with Crippen molar-refractivity contribution in [1.29, 1.82) is 0 Å². The molecule has 0 fully saturated rings. The molecule has 0 radical (unpaired) electrons. The number of aryl methyl sites for hydroxylation is 2. The van der Waals surface area contributed by atoms with Crippen molar-refractivity contribution in [2.75, 3.05) is 16.1 Å². The van der Waals surface area contributed by atoms with E-state index in [4.69, 9.17) is 11.6 Å². The van der Waals surface area contributed by atoms with Gasteiger partial charge in [0.1, 0.15) is 0 Å². The summed E-state index contributed by atoms with van der Waals surface area (Å²) in [6.07, 6.45) is 5.73. The zero-order valence-electron chi connectivity index (χ0n) is 17.9. The van der Waals surface area contributed by atoms with Crippen molar-refractivity contribution < 1.29 is 9.59 Å². The normalized spacial score (nSPS) is 12.9. The Kier molecular flexibility index (Phi) is 7.92. The number of fused-ring (bicyclic) bond motifs is 2. The average Bonchev–Trinajstić information content (AvgIpc) is 2.90. The Hall–Kier alpha value is -2.33. The van der Waals surface area contributed by atoms with E-state index in [0.29, 0.717) is 0 Å². The summed E-state index contributed by atoms with van der Waals surface area (Å²) in [7, 11) is 0. The maximum Gasteiger partial charge on any atom is 0.232 e. The smallest absolute Gasteiger partial charge is 0.232 e. The van der Waals surface area contributed by atoms with Crippen molar-refractivity contribution in [3.8, 4) is 0 Å². The average molecular weight is 427 g/mol. The van der Waals surface area contributed by atoms with Crippen molar-refractivity contribution in [2.24, 2.45) is 5.92 Å². The third kappa shape index (κ3) is 5.04. The molecule has 2 aromatic rings. The van der Waals surface area contributed by atoms with E-state index in [-0.39, 0.29) is 30.0 Å². The molecule has 2 aromatic carbocycles. The Bertz CT molecular complexity index is 890. The van der Waals surface area contributed by atoms with Gasteiger partial charge in [0.05, 0.1) is 11.4 Å².